The number of rotatable bonds is 5. The number of piperidine rings is 1. The Morgan fingerprint density at radius 3 is 2.59 bits per heavy atom. The molecule has 8 heteroatoms. The van der Waals surface area contributed by atoms with Crippen LogP contribution in [0.5, 0.6) is 0 Å². The van der Waals surface area contributed by atoms with Gasteiger partial charge in [0, 0.05) is 13.1 Å². The third kappa shape index (κ3) is 4.41. The topological polar surface area (TPSA) is 96.0 Å². The Bertz CT molecular complexity index is 822. The molecule has 3 rings (SSSR count). The minimum atomic E-state index is -1.25. The molecule has 2 aliphatic heterocycles. The predicted molar refractivity (Wildman–Crippen MR) is 105 cm³/mol. The highest BCUT2D eigenvalue weighted by Gasteiger charge is 2.49. The maximum absolute atomic E-state index is 12.8. The van der Waals surface area contributed by atoms with E-state index < -0.39 is 30.0 Å². The van der Waals surface area contributed by atoms with Crippen molar-refractivity contribution in [2.24, 2.45) is 5.92 Å². The van der Waals surface area contributed by atoms with E-state index in [2.05, 4.69) is 12.2 Å². The zero-order valence-electron chi connectivity index (χ0n) is 17.1. The van der Waals surface area contributed by atoms with Crippen LogP contribution in [0.25, 0.3) is 0 Å². The average Bonchev–Trinajstić information content (AvgIpc) is 2.90. The van der Waals surface area contributed by atoms with E-state index >= 15 is 0 Å². The molecule has 2 saturated heterocycles. The van der Waals surface area contributed by atoms with Crippen LogP contribution in [-0.4, -0.2) is 59.9 Å². The Balaban J connectivity index is 1.57. The van der Waals surface area contributed by atoms with E-state index in [1.807, 2.05) is 19.1 Å². The summed E-state index contributed by atoms with van der Waals surface area (Å²) in [5.74, 6) is -1.15. The van der Waals surface area contributed by atoms with Crippen LogP contribution in [0.3, 0.4) is 0 Å². The summed E-state index contributed by atoms with van der Waals surface area (Å²) in [6.45, 7) is 5.99. The van der Waals surface area contributed by atoms with Gasteiger partial charge in [-0.25, -0.2) is 4.79 Å². The fourth-order valence-electron chi connectivity index (χ4n) is 3.75. The SMILES string of the molecule is Cc1ccc([C@]2(C)NC(=O)N(CC(=O)OCC(=O)N3CCC[C@H](C)C3)C2=O)cc1. The molecule has 0 spiro atoms. The smallest absolute Gasteiger partial charge is 0.326 e. The minimum absolute atomic E-state index is 0.258. The van der Waals surface area contributed by atoms with Crippen LogP contribution >= 0.6 is 0 Å². The van der Waals surface area contributed by atoms with Gasteiger partial charge in [-0.05, 0) is 38.2 Å². The van der Waals surface area contributed by atoms with Gasteiger partial charge in [0.15, 0.2) is 6.61 Å². The normalized spacial score (nSPS) is 24.4. The van der Waals surface area contributed by atoms with Crippen molar-refractivity contribution in [1.29, 1.82) is 0 Å². The van der Waals surface area contributed by atoms with Gasteiger partial charge in [-0.15, -0.1) is 0 Å². The number of hydrogen-bond donors (Lipinski definition) is 1. The Kier molecular flexibility index (Phi) is 5.91. The minimum Gasteiger partial charge on any atom is -0.454 e. The Labute approximate surface area is 170 Å². The predicted octanol–water partition coefficient (Wildman–Crippen LogP) is 1.56. The number of imide groups is 1. The summed E-state index contributed by atoms with van der Waals surface area (Å²) in [7, 11) is 0. The number of urea groups is 1. The molecule has 0 unspecified atom stereocenters. The lowest BCUT2D eigenvalue weighted by molar-refractivity contribution is -0.154. The van der Waals surface area contributed by atoms with Gasteiger partial charge in [-0.2, -0.15) is 0 Å². The molecule has 0 bridgehead atoms. The van der Waals surface area contributed by atoms with Crippen LogP contribution in [-0.2, 0) is 24.7 Å². The highest BCUT2D eigenvalue weighted by atomic mass is 16.5. The molecule has 0 aliphatic carbocycles. The van der Waals surface area contributed by atoms with Crippen molar-refractivity contribution < 1.29 is 23.9 Å². The van der Waals surface area contributed by atoms with Gasteiger partial charge in [0.1, 0.15) is 12.1 Å². The third-order valence-electron chi connectivity index (χ3n) is 5.56. The van der Waals surface area contributed by atoms with Gasteiger partial charge in [0.2, 0.25) is 0 Å². The van der Waals surface area contributed by atoms with Crippen molar-refractivity contribution in [1.82, 2.24) is 15.1 Å². The second-order valence-corrected chi connectivity index (χ2v) is 8.06. The lowest BCUT2D eigenvalue weighted by atomic mass is 9.91. The highest BCUT2D eigenvalue weighted by molar-refractivity contribution is 6.08. The number of aryl methyl sites for hydroxylation is 1. The van der Waals surface area contributed by atoms with Crippen LogP contribution in [0.2, 0.25) is 0 Å². The van der Waals surface area contributed by atoms with E-state index in [0.29, 0.717) is 24.6 Å². The van der Waals surface area contributed by atoms with Crippen molar-refractivity contribution in [3.8, 4) is 0 Å². The first-order valence-corrected chi connectivity index (χ1v) is 9.85. The Hall–Kier alpha value is -2.90. The number of amides is 4. The standard InChI is InChI=1S/C21H27N3O5/c1-14-6-8-16(9-7-14)21(3)19(27)24(20(28)22-21)12-18(26)29-13-17(25)23-10-4-5-15(2)11-23/h6-9,15H,4-5,10-13H2,1-3H3,(H,22,28)/t15-,21-/m0/s1. The zero-order valence-corrected chi connectivity index (χ0v) is 17.1. The fraction of sp³-hybridized carbons (Fsp3) is 0.524. The molecule has 156 valence electrons. The van der Waals surface area contributed by atoms with E-state index in [1.165, 1.54) is 0 Å². The number of hydrogen-bond acceptors (Lipinski definition) is 5. The van der Waals surface area contributed by atoms with Gasteiger partial charge in [-0.1, -0.05) is 36.8 Å². The van der Waals surface area contributed by atoms with Crippen molar-refractivity contribution in [3.05, 3.63) is 35.4 Å². The number of esters is 1. The molecule has 29 heavy (non-hydrogen) atoms. The molecule has 2 aliphatic rings. The summed E-state index contributed by atoms with van der Waals surface area (Å²) in [5.41, 5.74) is 0.416. The lowest BCUT2D eigenvalue weighted by Gasteiger charge is -2.30. The summed E-state index contributed by atoms with van der Waals surface area (Å²) < 4.78 is 5.04. The molecule has 1 aromatic carbocycles. The third-order valence-corrected chi connectivity index (χ3v) is 5.56. The maximum atomic E-state index is 12.8. The van der Waals surface area contributed by atoms with Crippen molar-refractivity contribution in [3.63, 3.8) is 0 Å². The van der Waals surface area contributed by atoms with E-state index in [0.717, 1.165) is 23.3 Å². The van der Waals surface area contributed by atoms with Gasteiger partial charge in [0.25, 0.3) is 11.8 Å². The molecule has 2 fully saturated rings. The molecule has 0 aromatic heterocycles. The van der Waals surface area contributed by atoms with Crippen LogP contribution in [0.15, 0.2) is 24.3 Å². The number of nitrogens with zero attached hydrogens (tertiary/aromatic N) is 2. The first-order chi connectivity index (χ1) is 13.7. The van der Waals surface area contributed by atoms with E-state index in [1.54, 1.807) is 24.0 Å². The fourth-order valence-corrected chi connectivity index (χ4v) is 3.75. The lowest BCUT2D eigenvalue weighted by Crippen LogP contribution is -2.43. The van der Waals surface area contributed by atoms with Gasteiger partial charge in [-0.3, -0.25) is 19.3 Å². The molecule has 4 amide bonds. The second-order valence-electron chi connectivity index (χ2n) is 8.06. The zero-order chi connectivity index (χ0) is 21.2. The molecule has 1 aromatic rings. The Morgan fingerprint density at radius 1 is 1.24 bits per heavy atom. The maximum Gasteiger partial charge on any atom is 0.326 e. The molecular weight excluding hydrogens is 374 g/mol. The van der Waals surface area contributed by atoms with E-state index in [9.17, 15) is 19.2 Å². The molecule has 2 atom stereocenters. The number of likely N-dealkylation sites (tertiary alicyclic amines) is 1. The van der Waals surface area contributed by atoms with Crippen molar-refractivity contribution in [2.75, 3.05) is 26.2 Å². The average molecular weight is 401 g/mol. The monoisotopic (exact) mass is 401 g/mol. The van der Waals surface area contributed by atoms with Gasteiger partial charge < -0.3 is 15.0 Å². The second kappa shape index (κ2) is 8.23. The van der Waals surface area contributed by atoms with E-state index in [-0.39, 0.29) is 12.5 Å². The van der Waals surface area contributed by atoms with Gasteiger partial charge >= 0.3 is 12.0 Å². The number of nitrogens with one attached hydrogen (secondary N) is 1. The van der Waals surface area contributed by atoms with Crippen molar-refractivity contribution in [2.45, 2.75) is 39.2 Å². The largest absolute Gasteiger partial charge is 0.454 e. The Morgan fingerprint density at radius 2 is 1.93 bits per heavy atom. The molecular formula is C21H27N3O5. The van der Waals surface area contributed by atoms with Crippen LogP contribution in [0.1, 0.15) is 37.8 Å². The number of carbonyl (C=O) groups is 4. The van der Waals surface area contributed by atoms with E-state index in [4.69, 9.17) is 4.74 Å². The molecule has 8 nitrogen and oxygen atoms in total. The van der Waals surface area contributed by atoms with Gasteiger partial charge in [0.05, 0.1) is 0 Å². The molecule has 1 N–H and O–H groups in total. The first kappa shape index (κ1) is 20.8. The summed E-state index contributed by atoms with van der Waals surface area (Å²) in [5, 5.41) is 2.65. The number of carbonyl (C=O) groups excluding carboxylic acids is 4. The van der Waals surface area contributed by atoms with Crippen molar-refractivity contribution >= 4 is 23.8 Å². The molecule has 2 heterocycles. The van der Waals surface area contributed by atoms with Crippen LogP contribution < -0.4 is 5.32 Å². The quantitative estimate of drug-likeness (QED) is 0.597. The first-order valence-electron chi connectivity index (χ1n) is 9.85. The summed E-state index contributed by atoms with van der Waals surface area (Å²) in [6, 6.07) is 6.58. The molecule has 0 radical (unpaired) electrons. The van der Waals surface area contributed by atoms with Crippen LogP contribution in [0, 0.1) is 12.8 Å². The molecule has 0 saturated carbocycles. The summed E-state index contributed by atoms with van der Waals surface area (Å²) in [4.78, 5) is 52.0. The highest BCUT2D eigenvalue weighted by Crippen LogP contribution is 2.29. The summed E-state index contributed by atoms with van der Waals surface area (Å²) >= 11 is 0. The number of ether oxygens (including phenoxy) is 1. The summed E-state index contributed by atoms with van der Waals surface area (Å²) in [6.07, 6.45) is 2.01. The number of benzene rings is 1. The van der Waals surface area contributed by atoms with Crippen LogP contribution in [0.4, 0.5) is 4.79 Å².